The zero-order valence-electron chi connectivity index (χ0n) is 4.72. The van der Waals surface area contributed by atoms with E-state index in [1.54, 1.807) is 0 Å². The molecule has 1 fully saturated rings. The van der Waals surface area contributed by atoms with Crippen LogP contribution >= 0.6 is 0 Å². The highest BCUT2D eigenvalue weighted by molar-refractivity contribution is 4.79. The number of aliphatic hydroxyl groups excluding tert-OH is 1. The van der Waals surface area contributed by atoms with Crippen molar-refractivity contribution in [3.63, 3.8) is 0 Å². The summed E-state index contributed by atoms with van der Waals surface area (Å²) in [7, 11) is 0. The van der Waals surface area contributed by atoms with Gasteiger partial charge in [0.2, 0.25) is 0 Å². The Kier molecular flexibility index (Phi) is 1.33. The second-order valence-electron chi connectivity index (χ2n) is 2.31. The molecule has 0 aromatic rings. The van der Waals surface area contributed by atoms with Crippen molar-refractivity contribution >= 4 is 0 Å². The highest BCUT2D eigenvalue weighted by Gasteiger charge is 2.27. The van der Waals surface area contributed by atoms with Crippen molar-refractivity contribution < 1.29 is 5.11 Å². The van der Waals surface area contributed by atoms with E-state index in [-0.39, 0.29) is 6.10 Å². The van der Waals surface area contributed by atoms with Gasteiger partial charge in [0, 0.05) is 0 Å². The van der Waals surface area contributed by atoms with Crippen LogP contribution in [0.15, 0.2) is 0 Å². The summed E-state index contributed by atoms with van der Waals surface area (Å²) in [6.07, 6.45) is 3.47. The third-order valence-electron chi connectivity index (χ3n) is 1.58. The zero-order chi connectivity index (χ0) is 5.28. The quantitative estimate of drug-likeness (QED) is 0.552. The summed E-state index contributed by atoms with van der Waals surface area (Å²) in [4.78, 5) is 0. The predicted octanol–water partition coefficient (Wildman–Crippen LogP) is 1.17. The highest BCUT2D eigenvalue weighted by Crippen LogP contribution is 2.33. The van der Waals surface area contributed by atoms with E-state index in [1.165, 1.54) is 12.8 Å². The molecular formula is C6H12O. The number of hydrogen-bond donors (Lipinski definition) is 1. The van der Waals surface area contributed by atoms with Crippen LogP contribution in [0, 0.1) is 5.92 Å². The lowest BCUT2D eigenvalue weighted by atomic mass is 10.2. The first-order valence-corrected chi connectivity index (χ1v) is 3.02. The molecule has 0 bridgehead atoms. The first kappa shape index (κ1) is 5.10. The topological polar surface area (TPSA) is 20.2 Å². The summed E-state index contributed by atoms with van der Waals surface area (Å²) in [5, 5.41) is 9.00. The third-order valence-corrected chi connectivity index (χ3v) is 1.58. The lowest BCUT2D eigenvalue weighted by molar-refractivity contribution is 0.147. The van der Waals surface area contributed by atoms with Crippen LogP contribution in [0.1, 0.15) is 26.2 Å². The molecule has 1 aliphatic carbocycles. The van der Waals surface area contributed by atoms with Crippen LogP contribution in [0.5, 0.6) is 0 Å². The molecule has 7 heavy (non-hydrogen) atoms. The number of aliphatic hydroxyl groups is 1. The molecule has 1 heteroatoms. The molecule has 42 valence electrons. The van der Waals surface area contributed by atoms with Crippen LogP contribution in [0.25, 0.3) is 0 Å². The van der Waals surface area contributed by atoms with Gasteiger partial charge < -0.3 is 5.11 Å². The van der Waals surface area contributed by atoms with Crippen LogP contribution in [0.3, 0.4) is 0 Å². The van der Waals surface area contributed by atoms with E-state index in [1.807, 2.05) is 6.92 Å². The maximum atomic E-state index is 9.00. The summed E-state index contributed by atoms with van der Waals surface area (Å²) in [5.74, 6) is 0.671. The van der Waals surface area contributed by atoms with Gasteiger partial charge >= 0.3 is 0 Å². The van der Waals surface area contributed by atoms with E-state index in [9.17, 15) is 0 Å². The van der Waals surface area contributed by atoms with E-state index < -0.39 is 0 Å². The predicted molar refractivity (Wildman–Crippen MR) is 29.0 cm³/mol. The lowest BCUT2D eigenvalue weighted by Gasteiger charge is -2.01. The van der Waals surface area contributed by atoms with Crippen molar-refractivity contribution in [1.82, 2.24) is 0 Å². The van der Waals surface area contributed by atoms with Gasteiger partial charge in [0.1, 0.15) is 0 Å². The molecule has 0 aliphatic heterocycles. The van der Waals surface area contributed by atoms with Gasteiger partial charge in [0.25, 0.3) is 0 Å². The van der Waals surface area contributed by atoms with Gasteiger partial charge in [0.05, 0.1) is 6.10 Å². The molecule has 1 saturated carbocycles. The zero-order valence-corrected chi connectivity index (χ0v) is 4.72. The molecule has 0 radical (unpaired) electrons. The Morgan fingerprint density at radius 1 is 1.71 bits per heavy atom. The molecule has 0 aromatic heterocycles. The minimum atomic E-state index is 0.0139. The molecule has 1 rings (SSSR count). The van der Waals surface area contributed by atoms with E-state index in [0.29, 0.717) is 5.92 Å². The highest BCUT2D eigenvalue weighted by atomic mass is 16.3. The Balaban J connectivity index is 2.10. The van der Waals surface area contributed by atoms with E-state index in [4.69, 9.17) is 5.11 Å². The van der Waals surface area contributed by atoms with Crippen molar-refractivity contribution in [2.45, 2.75) is 32.3 Å². The standard InChI is InChI=1S/C6H12O/c1-2-6(7)5-3-4-5/h5-7H,2-4H2,1H3. The second kappa shape index (κ2) is 1.83. The van der Waals surface area contributed by atoms with Crippen LogP contribution < -0.4 is 0 Å². The molecule has 1 nitrogen and oxygen atoms in total. The SMILES string of the molecule is CCC(O)C1CC1. The van der Waals surface area contributed by atoms with Gasteiger partial charge in [-0.1, -0.05) is 6.92 Å². The average molecular weight is 100 g/mol. The molecule has 1 aliphatic rings. The minimum Gasteiger partial charge on any atom is -0.393 e. The Hall–Kier alpha value is -0.0400. The first-order chi connectivity index (χ1) is 3.34. The van der Waals surface area contributed by atoms with Crippen LogP contribution in [-0.4, -0.2) is 11.2 Å². The third kappa shape index (κ3) is 1.16. The smallest absolute Gasteiger partial charge is 0.0565 e. The van der Waals surface area contributed by atoms with Gasteiger partial charge in [-0.25, -0.2) is 0 Å². The van der Waals surface area contributed by atoms with Crippen molar-refractivity contribution in [2.75, 3.05) is 0 Å². The van der Waals surface area contributed by atoms with Crippen molar-refractivity contribution in [2.24, 2.45) is 5.92 Å². The Morgan fingerprint density at radius 2 is 2.29 bits per heavy atom. The van der Waals surface area contributed by atoms with Crippen molar-refractivity contribution in [3.05, 3.63) is 0 Å². The van der Waals surface area contributed by atoms with E-state index in [0.717, 1.165) is 6.42 Å². The maximum Gasteiger partial charge on any atom is 0.0565 e. The molecule has 0 amide bonds. The van der Waals surface area contributed by atoms with Crippen LogP contribution in [0.2, 0.25) is 0 Å². The van der Waals surface area contributed by atoms with Crippen LogP contribution in [-0.2, 0) is 0 Å². The monoisotopic (exact) mass is 100 g/mol. The number of hydrogen-bond acceptors (Lipinski definition) is 1. The summed E-state index contributed by atoms with van der Waals surface area (Å²) >= 11 is 0. The Labute approximate surface area is 44.4 Å². The normalized spacial score (nSPS) is 24.9. The fraction of sp³-hybridized carbons (Fsp3) is 1.00. The Morgan fingerprint density at radius 3 is 2.43 bits per heavy atom. The molecule has 0 heterocycles. The number of rotatable bonds is 2. The van der Waals surface area contributed by atoms with Gasteiger partial charge in [-0.2, -0.15) is 0 Å². The summed E-state index contributed by atoms with van der Waals surface area (Å²) in [5.41, 5.74) is 0. The van der Waals surface area contributed by atoms with Crippen molar-refractivity contribution in [1.29, 1.82) is 0 Å². The van der Waals surface area contributed by atoms with Crippen LogP contribution in [0.4, 0.5) is 0 Å². The van der Waals surface area contributed by atoms with E-state index in [2.05, 4.69) is 0 Å². The lowest BCUT2D eigenvalue weighted by Crippen LogP contribution is -2.05. The molecule has 1 N–H and O–H groups in total. The van der Waals surface area contributed by atoms with Gasteiger partial charge in [-0.05, 0) is 25.2 Å². The van der Waals surface area contributed by atoms with Gasteiger partial charge in [0.15, 0.2) is 0 Å². The first-order valence-electron chi connectivity index (χ1n) is 3.02. The molecule has 1 unspecified atom stereocenters. The fourth-order valence-electron chi connectivity index (χ4n) is 0.814. The summed E-state index contributed by atoms with van der Waals surface area (Å²) in [6.45, 7) is 2.03. The van der Waals surface area contributed by atoms with E-state index >= 15 is 0 Å². The molecule has 1 atom stereocenters. The molecule has 0 saturated heterocycles. The fourth-order valence-corrected chi connectivity index (χ4v) is 0.814. The maximum absolute atomic E-state index is 9.00. The summed E-state index contributed by atoms with van der Waals surface area (Å²) in [6, 6.07) is 0. The second-order valence-corrected chi connectivity index (χ2v) is 2.31. The molecule has 0 spiro atoms. The van der Waals surface area contributed by atoms with Gasteiger partial charge in [-0.15, -0.1) is 0 Å². The minimum absolute atomic E-state index is 0.0139. The summed E-state index contributed by atoms with van der Waals surface area (Å²) < 4.78 is 0. The molecule has 0 aromatic carbocycles. The molecular weight excluding hydrogens is 88.1 g/mol. The van der Waals surface area contributed by atoms with Crippen molar-refractivity contribution in [3.8, 4) is 0 Å². The average Bonchev–Trinajstić information content (AvgIpc) is 2.44. The Bertz CT molecular complexity index is 57.2. The van der Waals surface area contributed by atoms with Gasteiger partial charge in [-0.3, -0.25) is 0 Å². The largest absolute Gasteiger partial charge is 0.393 e.